The average Bonchev–Trinajstić information content (AvgIpc) is 2.34. The number of hydrogen-bond donors (Lipinski definition) is 1. The van der Waals surface area contributed by atoms with E-state index >= 15 is 0 Å². The predicted octanol–water partition coefficient (Wildman–Crippen LogP) is 3.68. The van der Waals surface area contributed by atoms with Crippen LogP contribution >= 0.6 is 0 Å². The van der Waals surface area contributed by atoms with Crippen LogP contribution in [0, 0.1) is 0 Å². The van der Waals surface area contributed by atoms with Crippen LogP contribution in [0.3, 0.4) is 0 Å². The van der Waals surface area contributed by atoms with Crippen molar-refractivity contribution in [2.75, 3.05) is 6.67 Å². The second kappa shape index (κ2) is 12.3. The van der Waals surface area contributed by atoms with Gasteiger partial charge in [-0.1, -0.05) is 38.5 Å². The van der Waals surface area contributed by atoms with E-state index in [1.54, 1.807) is 0 Å². The predicted molar refractivity (Wildman–Crippen MR) is 69.3 cm³/mol. The van der Waals surface area contributed by atoms with E-state index in [1.165, 1.54) is 0 Å². The number of carboxylic acid groups (broad SMARTS) is 1. The third-order valence-electron chi connectivity index (χ3n) is 2.72. The van der Waals surface area contributed by atoms with Gasteiger partial charge in [0.05, 0.1) is 6.67 Å². The maximum Gasteiger partial charge on any atom is 0.328 e. The molecule has 4 heteroatoms. The monoisotopic (exact) mass is 258 g/mol. The lowest BCUT2D eigenvalue weighted by Crippen LogP contribution is -1.95. The molecule has 0 radical (unpaired) electrons. The van der Waals surface area contributed by atoms with Crippen LogP contribution in [0.25, 0.3) is 0 Å². The van der Waals surface area contributed by atoms with Gasteiger partial charge in [-0.2, -0.15) is 0 Å². The fourth-order valence-electron chi connectivity index (χ4n) is 1.70. The van der Waals surface area contributed by atoms with Crippen LogP contribution in [-0.2, 0) is 9.59 Å². The first-order chi connectivity index (χ1) is 8.66. The highest BCUT2D eigenvalue weighted by atomic mass is 19.1. The van der Waals surface area contributed by atoms with E-state index < -0.39 is 5.97 Å². The van der Waals surface area contributed by atoms with Gasteiger partial charge in [-0.15, -0.1) is 0 Å². The first-order valence-electron chi connectivity index (χ1n) is 6.66. The summed E-state index contributed by atoms with van der Waals surface area (Å²) >= 11 is 0. The minimum absolute atomic E-state index is 0.125. The minimum atomic E-state index is -1.09. The topological polar surface area (TPSA) is 54.4 Å². The zero-order valence-electron chi connectivity index (χ0n) is 10.9. The summed E-state index contributed by atoms with van der Waals surface area (Å²) in [6, 6.07) is 0. The fourth-order valence-corrected chi connectivity index (χ4v) is 1.70. The Balaban J connectivity index is 3.25. The molecule has 3 nitrogen and oxygen atoms in total. The maximum atomic E-state index is 11.8. The normalized spacial score (nSPS) is 10.9. The van der Waals surface area contributed by atoms with Gasteiger partial charge in [0.25, 0.3) is 0 Å². The number of carbonyl (C=O) groups excluding carboxylic acids is 1. The number of hydrogen-bond acceptors (Lipinski definition) is 2. The van der Waals surface area contributed by atoms with Gasteiger partial charge in [-0.05, 0) is 18.9 Å². The Kier molecular flexibility index (Phi) is 11.5. The summed E-state index contributed by atoms with van der Waals surface area (Å²) in [6.45, 7) is -0.216. The van der Waals surface area contributed by atoms with Crippen molar-refractivity contribution in [1.82, 2.24) is 0 Å². The molecule has 0 aromatic rings. The van der Waals surface area contributed by atoms with Crippen molar-refractivity contribution < 1.29 is 19.1 Å². The maximum absolute atomic E-state index is 11.8. The second-order valence-electron chi connectivity index (χ2n) is 4.41. The van der Waals surface area contributed by atoms with Gasteiger partial charge in [0, 0.05) is 12.5 Å². The van der Waals surface area contributed by atoms with Crippen LogP contribution in [0.2, 0.25) is 0 Å². The number of ketones is 1. The highest BCUT2D eigenvalue weighted by Crippen LogP contribution is 2.10. The van der Waals surface area contributed by atoms with E-state index in [0.717, 1.165) is 57.1 Å². The van der Waals surface area contributed by atoms with Crippen molar-refractivity contribution in [3.8, 4) is 0 Å². The number of unbranched alkanes of at least 4 members (excludes halogenated alkanes) is 7. The number of aliphatic carboxylic acids is 1. The van der Waals surface area contributed by atoms with Crippen LogP contribution < -0.4 is 0 Å². The zero-order valence-corrected chi connectivity index (χ0v) is 10.9. The number of rotatable bonds is 12. The molecular weight excluding hydrogens is 235 g/mol. The van der Waals surface area contributed by atoms with Gasteiger partial charge >= 0.3 is 5.97 Å². The van der Waals surface area contributed by atoms with Gasteiger partial charge in [0.1, 0.15) is 0 Å². The molecule has 0 aliphatic rings. The standard InChI is InChI=1S/C14H23FO3/c15-12-8-6-4-2-1-3-5-7-9-13(16)10-11-14(17)18/h10-11H,1-9,12H2,(H,17,18)/b11-10+. The van der Waals surface area contributed by atoms with Crippen molar-refractivity contribution in [1.29, 1.82) is 0 Å². The van der Waals surface area contributed by atoms with Gasteiger partial charge in [-0.25, -0.2) is 4.79 Å². The van der Waals surface area contributed by atoms with E-state index in [-0.39, 0.29) is 12.5 Å². The molecular formula is C14H23FO3. The molecule has 0 fully saturated rings. The third-order valence-corrected chi connectivity index (χ3v) is 2.72. The lowest BCUT2D eigenvalue weighted by Gasteiger charge is -2.00. The lowest BCUT2D eigenvalue weighted by atomic mass is 10.1. The van der Waals surface area contributed by atoms with E-state index in [1.807, 2.05) is 0 Å². The van der Waals surface area contributed by atoms with Crippen LogP contribution in [0.1, 0.15) is 57.8 Å². The lowest BCUT2D eigenvalue weighted by molar-refractivity contribution is -0.131. The van der Waals surface area contributed by atoms with Crippen LogP contribution in [-0.4, -0.2) is 23.5 Å². The van der Waals surface area contributed by atoms with Crippen molar-refractivity contribution in [2.24, 2.45) is 0 Å². The fraction of sp³-hybridized carbons (Fsp3) is 0.714. The summed E-state index contributed by atoms with van der Waals surface area (Å²) in [7, 11) is 0. The van der Waals surface area contributed by atoms with Crippen LogP contribution in [0.5, 0.6) is 0 Å². The molecule has 0 atom stereocenters. The molecule has 0 heterocycles. The Morgan fingerprint density at radius 1 is 0.833 bits per heavy atom. The molecule has 18 heavy (non-hydrogen) atoms. The minimum Gasteiger partial charge on any atom is -0.478 e. The molecule has 0 rings (SSSR count). The summed E-state index contributed by atoms with van der Waals surface area (Å²) in [4.78, 5) is 21.3. The van der Waals surface area contributed by atoms with Gasteiger partial charge in [-0.3, -0.25) is 9.18 Å². The second-order valence-corrected chi connectivity index (χ2v) is 4.41. The van der Waals surface area contributed by atoms with E-state index in [0.29, 0.717) is 12.8 Å². The SMILES string of the molecule is O=C(O)/C=C/C(=O)CCCCCCCCCCF. The summed E-state index contributed by atoms with van der Waals surface area (Å²) in [6.07, 6.45) is 10.3. The highest BCUT2D eigenvalue weighted by molar-refractivity contribution is 5.95. The first-order valence-corrected chi connectivity index (χ1v) is 6.66. The Morgan fingerprint density at radius 3 is 1.83 bits per heavy atom. The van der Waals surface area contributed by atoms with Crippen LogP contribution in [0.15, 0.2) is 12.2 Å². The molecule has 0 saturated heterocycles. The molecule has 0 saturated carbocycles. The van der Waals surface area contributed by atoms with Crippen molar-refractivity contribution in [3.05, 3.63) is 12.2 Å². The Hall–Kier alpha value is -1.19. The molecule has 0 bridgehead atoms. The van der Waals surface area contributed by atoms with Crippen molar-refractivity contribution in [3.63, 3.8) is 0 Å². The summed E-state index contributed by atoms with van der Waals surface area (Å²) in [5, 5.41) is 8.33. The molecule has 1 N–H and O–H groups in total. The van der Waals surface area contributed by atoms with Gasteiger partial charge in [0.2, 0.25) is 0 Å². The largest absolute Gasteiger partial charge is 0.478 e. The summed E-state index contributed by atoms with van der Waals surface area (Å²) in [5.74, 6) is -1.21. The molecule has 0 aromatic carbocycles. The van der Waals surface area contributed by atoms with Gasteiger partial charge < -0.3 is 5.11 Å². The number of carboxylic acids is 1. The molecule has 0 aliphatic heterocycles. The van der Waals surface area contributed by atoms with Crippen LogP contribution in [0.4, 0.5) is 4.39 Å². The van der Waals surface area contributed by atoms with E-state index in [2.05, 4.69) is 0 Å². The Labute approximate surface area is 108 Å². The average molecular weight is 258 g/mol. The molecule has 0 aliphatic carbocycles. The van der Waals surface area contributed by atoms with E-state index in [4.69, 9.17) is 5.11 Å². The summed E-state index contributed by atoms with van der Waals surface area (Å²) < 4.78 is 11.8. The molecule has 0 amide bonds. The highest BCUT2D eigenvalue weighted by Gasteiger charge is 1.98. The van der Waals surface area contributed by atoms with Gasteiger partial charge in [0.15, 0.2) is 5.78 Å². The Bertz CT molecular complexity index is 262. The van der Waals surface area contributed by atoms with Crippen molar-refractivity contribution in [2.45, 2.75) is 57.8 Å². The zero-order chi connectivity index (χ0) is 13.6. The first kappa shape index (κ1) is 16.8. The number of carbonyl (C=O) groups is 2. The molecule has 0 aromatic heterocycles. The third kappa shape index (κ3) is 12.9. The molecule has 0 spiro atoms. The summed E-state index contributed by atoms with van der Waals surface area (Å²) in [5.41, 5.74) is 0. The van der Waals surface area contributed by atoms with Crippen molar-refractivity contribution >= 4 is 11.8 Å². The quantitative estimate of drug-likeness (QED) is 0.429. The number of halogens is 1. The molecule has 0 unspecified atom stereocenters. The Morgan fingerprint density at radius 2 is 1.33 bits per heavy atom. The smallest absolute Gasteiger partial charge is 0.328 e. The molecule has 104 valence electrons. The number of allylic oxidation sites excluding steroid dienone is 1. The van der Waals surface area contributed by atoms with E-state index in [9.17, 15) is 14.0 Å². The number of alkyl halides is 1.